The SMILES string of the molecule is CC1(C)c2ccccc2N2c3ccc(-c4ccccc4-c4ccc(-c5ccccc5)cc4)cc3C(C)(C)c3cc(-c4ccccc4C4=CC=C(c5ccccc5)CC4)cc1c32. The molecule has 0 unspecified atom stereocenters. The van der Waals surface area contributed by atoms with Gasteiger partial charge in [-0.05, 0) is 132 Å². The summed E-state index contributed by atoms with van der Waals surface area (Å²) >= 11 is 0. The summed E-state index contributed by atoms with van der Waals surface area (Å²) in [5.74, 6) is 0. The van der Waals surface area contributed by atoms with E-state index < -0.39 is 0 Å². The van der Waals surface area contributed by atoms with Crippen LogP contribution >= 0.6 is 0 Å². The Bertz CT molecular complexity index is 3050. The molecule has 8 aromatic carbocycles. The fraction of sp³-hybridized carbons (Fsp3) is 0.133. The number of hydrogen-bond donors (Lipinski definition) is 0. The fourth-order valence-electron chi connectivity index (χ4n) is 10.5. The van der Waals surface area contributed by atoms with Crippen molar-refractivity contribution in [3.63, 3.8) is 0 Å². The van der Waals surface area contributed by atoms with Crippen LogP contribution in [0.5, 0.6) is 0 Å². The molecule has 0 bridgehead atoms. The Kier molecular flexibility index (Phi) is 8.72. The molecule has 1 aliphatic carbocycles. The minimum atomic E-state index is -0.289. The Morgan fingerprint density at radius 3 is 1.43 bits per heavy atom. The van der Waals surface area contributed by atoms with E-state index >= 15 is 0 Å². The molecule has 3 aliphatic rings. The van der Waals surface area contributed by atoms with E-state index in [2.05, 4.69) is 233 Å². The van der Waals surface area contributed by atoms with Crippen LogP contribution in [-0.4, -0.2) is 0 Å². The lowest BCUT2D eigenvalue weighted by molar-refractivity contribution is 0.598. The smallest absolute Gasteiger partial charge is 0.0544 e. The zero-order valence-corrected chi connectivity index (χ0v) is 35.4. The fourth-order valence-corrected chi connectivity index (χ4v) is 10.5. The molecule has 0 spiro atoms. The maximum Gasteiger partial charge on any atom is 0.0544 e. The maximum absolute atomic E-state index is 2.58. The highest BCUT2D eigenvalue weighted by Gasteiger charge is 2.46. The lowest BCUT2D eigenvalue weighted by Gasteiger charge is -2.50. The number of benzene rings is 8. The van der Waals surface area contributed by atoms with Gasteiger partial charge < -0.3 is 4.90 Å². The Balaban J connectivity index is 1.06. The molecule has 11 rings (SSSR count). The molecule has 0 aromatic heterocycles. The highest BCUT2D eigenvalue weighted by atomic mass is 15.2. The molecular formula is C60H49N. The number of rotatable bonds is 6. The predicted molar refractivity (Wildman–Crippen MR) is 259 cm³/mol. The first-order chi connectivity index (χ1) is 29.8. The number of hydrogen-bond acceptors (Lipinski definition) is 1. The lowest BCUT2D eigenvalue weighted by atomic mass is 9.65. The molecule has 0 fully saturated rings. The highest BCUT2D eigenvalue weighted by Crippen LogP contribution is 2.61. The van der Waals surface area contributed by atoms with Crippen molar-refractivity contribution in [1.29, 1.82) is 0 Å². The zero-order valence-electron chi connectivity index (χ0n) is 35.4. The summed E-state index contributed by atoms with van der Waals surface area (Å²) in [6, 6.07) is 69.8. The van der Waals surface area contributed by atoms with E-state index in [1.165, 1.54) is 106 Å². The van der Waals surface area contributed by atoms with Crippen LogP contribution in [0.2, 0.25) is 0 Å². The van der Waals surface area contributed by atoms with Crippen LogP contribution in [0.4, 0.5) is 17.1 Å². The van der Waals surface area contributed by atoms with E-state index in [9.17, 15) is 0 Å². The van der Waals surface area contributed by atoms with Gasteiger partial charge in [-0.3, -0.25) is 0 Å². The Labute approximate surface area is 361 Å². The number of para-hydroxylation sites is 1. The zero-order chi connectivity index (χ0) is 41.3. The van der Waals surface area contributed by atoms with Gasteiger partial charge in [0.05, 0.1) is 17.1 Å². The third-order valence-corrected chi connectivity index (χ3v) is 13.8. The molecule has 2 aliphatic heterocycles. The minimum Gasteiger partial charge on any atom is -0.309 e. The molecule has 8 aromatic rings. The van der Waals surface area contributed by atoms with Gasteiger partial charge in [-0.25, -0.2) is 0 Å². The topological polar surface area (TPSA) is 3.24 Å². The van der Waals surface area contributed by atoms with Crippen molar-refractivity contribution < 1.29 is 0 Å². The van der Waals surface area contributed by atoms with Crippen molar-refractivity contribution >= 4 is 28.2 Å². The standard InChI is InChI=1S/C60H49N/c1-59(2)52-25-15-16-26-56(52)61-57-36-35-46(50-23-13-11-21-48(50)44-31-27-42(28-32-44)40-17-7-5-8-18-40)37-53(57)60(3,4)55-39-47(38-54(59)58(55)61)51-24-14-12-22-49(51)45-33-29-43(30-34-45)41-19-9-6-10-20-41/h5-29,31-33,35-39H,30,34H2,1-4H3. The normalized spacial score (nSPS) is 15.5. The summed E-state index contributed by atoms with van der Waals surface area (Å²) in [5.41, 5.74) is 24.2. The van der Waals surface area contributed by atoms with E-state index in [-0.39, 0.29) is 10.8 Å². The Morgan fingerprint density at radius 1 is 0.328 bits per heavy atom. The summed E-state index contributed by atoms with van der Waals surface area (Å²) < 4.78 is 0. The van der Waals surface area contributed by atoms with Crippen LogP contribution in [0.25, 0.3) is 55.7 Å². The molecule has 0 amide bonds. The third-order valence-electron chi connectivity index (χ3n) is 13.8. The molecule has 0 atom stereocenters. The highest BCUT2D eigenvalue weighted by molar-refractivity contribution is 5.97. The van der Waals surface area contributed by atoms with Gasteiger partial charge in [0.2, 0.25) is 0 Å². The van der Waals surface area contributed by atoms with Gasteiger partial charge in [0, 0.05) is 10.8 Å². The second-order valence-electron chi connectivity index (χ2n) is 18.0. The summed E-state index contributed by atoms with van der Waals surface area (Å²) in [4.78, 5) is 2.58. The molecule has 0 N–H and O–H groups in total. The number of allylic oxidation sites excluding steroid dienone is 4. The van der Waals surface area contributed by atoms with E-state index in [1.54, 1.807) is 0 Å². The first-order valence-corrected chi connectivity index (χ1v) is 21.8. The number of anilines is 3. The Hall–Kier alpha value is -6.96. The molecular weight excluding hydrogens is 735 g/mol. The van der Waals surface area contributed by atoms with Gasteiger partial charge in [-0.1, -0.05) is 198 Å². The van der Waals surface area contributed by atoms with E-state index in [4.69, 9.17) is 0 Å². The average molecular weight is 784 g/mol. The van der Waals surface area contributed by atoms with Gasteiger partial charge in [0.15, 0.2) is 0 Å². The van der Waals surface area contributed by atoms with Crippen LogP contribution in [0.1, 0.15) is 73.9 Å². The lowest BCUT2D eigenvalue weighted by Crippen LogP contribution is -2.38. The quantitative estimate of drug-likeness (QED) is 0.162. The van der Waals surface area contributed by atoms with E-state index in [1.807, 2.05) is 0 Å². The van der Waals surface area contributed by atoms with Crippen LogP contribution in [0.3, 0.4) is 0 Å². The molecule has 294 valence electrons. The van der Waals surface area contributed by atoms with Crippen LogP contribution in [-0.2, 0) is 10.8 Å². The maximum atomic E-state index is 2.58. The van der Waals surface area contributed by atoms with Crippen molar-refractivity contribution in [2.75, 3.05) is 4.90 Å². The van der Waals surface area contributed by atoms with Crippen molar-refractivity contribution in [2.45, 2.75) is 51.4 Å². The molecule has 1 heteroatoms. The summed E-state index contributed by atoms with van der Waals surface area (Å²) in [5, 5.41) is 0. The molecule has 1 nitrogen and oxygen atoms in total. The van der Waals surface area contributed by atoms with Gasteiger partial charge in [0.1, 0.15) is 0 Å². The summed E-state index contributed by atoms with van der Waals surface area (Å²) in [7, 11) is 0. The summed E-state index contributed by atoms with van der Waals surface area (Å²) in [6.07, 6.45) is 6.76. The van der Waals surface area contributed by atoms with Gasteiger partial charge in [-0.2, -0.15) is 0 Å². The first-order valence-electron chi connectivity index (χ1n) is 21.8. The van der Waals surface area contributed by atoms with Crippen molar-refractivity contribution in [3.05, 3.63) is 234 Å². The molecule has 2 heterocycles. The first kappa shape index (κ1) is 37.1. The summed E-state index contributed by atoms with van der Waals surface area (Å²) in [6.45, 7) is 9.73. The van der Waals surface area contributed by atoms with Crippen LogP contribution in [0, 0.1) is 0 Å². The van der Waals surface area contributed by atoms with Gasteiger partial charge in [-0.15, -0.1) is 0 Å². The Morgan fingerprint density at radius 2 is 0.770 bits per heavy atom. The van der Waals surface area contributed by atoms with Crippen molar-refractivity contribution in [3.8, 4) is 44.5 Å². The van der Waals surface area contributed by atoms with Crippen molar-refractivity contribution in [2.24, 2.45) is 0 Å². The average Bonchev–Trinajstić information content (AvgIpc) is 3.32. The van der Waals surface area contributed by atoms with E-state index in [0.29, 0.717) is 0 Å². The molecule has 0 saturated carbocycles. The number of nitrogens with zero attached hydrogens (tertiary/aromatic N) is 1. The predicted octanol–water partition coefficient (Wildman–Crippen LogP) is 16.4. The second kappa shape index (κ2) is 14.4. The van der Waals surface area contributed by atoms with Gasteiger partial charge >= 0.3 is 0 Å². The van der Waals surface area contributed by atoms with Crippen molar-refractivity contribution in [1.82, 2.24) is 0 Å². The number of fused-ring (bicyclic) bond motifs is 4. The van der Waals surface area contributed by atoms with Gasteiger partial charge in [0.25, 0.3) is 0 Å². The van der Waals surface area contributed by atoms with Crippen LogP contribution < -0.4 is 4.90 Å². The molecule has 0 saturated heterocycles. The minimum absolute atomic E-state index is 0.206. The molecule has 61 heavy (non-hydrogen) atoms. The van der Waals surface area contributed by atoms with Crippen LogP contribution in [0.15, 0.2) is 200 Å². The van der Waals surface area contributed by atoms with E-state index in [0.717, 1.165) is 12.8 Å². The second-order valence-corrected chi connectivity index (χ2v) is 18.0. The molecule has 0 radical (unpaired) electrons. The monoisotopic (exact) mass is 783 g/mol. The largest absolute Gasteiger partial charge is 0.309 e. The third kappa shape index (κ3) is 6.06.